The number of halogens is 4. The first-order chi connectivity index (χ1) is 18.7. The molecule has 1 fully saturated rings. The molecule has 0 saturated carbocycles. The van der Waals surface area contributed by atoms with Gasteiger partial charge >= 0.3 is 12.3 Å². The van der Waals surface area contributed by atoms with Crippen molar-refractivity contribution in [2.75, 3.05) is 18.4 Å². The summed E-state index contributed by atoms with van der Waals surface area (Å²) in [5, 5.41) is 26.5. The number of aliphatic hydroxyl groups is 1. The Labute approximate surface area is 226 Å². The number of carbonyl (C=O) groups excluding carboxylic acids is 1. The first kappa shape index (κ1) is 28.9. The molecule has 3 aromatic rings. The van der Waals surface area contributed by atoms with Gasteiger partial charge in [-0.25, -0.2) is 9.18 Å². The molecule has 1 amide bonds. The molecule has 1 aromatic carbocycles. The number of alkyl halides is 4. The second kappa shape index (κ2) is 10.5. The highest BCUT2D eigenvalue weighted by Gasteiger charge is 2.49. The molecule has 10 nitrogen and oxygen atoms in total. The highest BCUT2D eigenvalue weighted by Crippen LogP contribution is 2.40. The summed E-state index contributed by atoms with van der Waals surface area (Å²) in [7, 11) is 0. The zero-order valence-corrected chi connectivity index (χ0v) is 21.9. The molecule has 3 atom stereocenters. The topological polar surface area (TPSA) is 136 Å². The summed E-state index contributed by atoms with van der Waals surface area (Å²) in [4.78, 5) is 29.1. The van der Waals surface area contributed by atoms with Gasteiger partial charge in [-0.1, -0.05) is 12.1 Å². The van der Waals surface area contributed by atoms with Gasteiger partial charge < -0.3 is 25.0 Å². The van der Waals surface area contributed by atoms with E-state index in [-0.39, 0.29) is 53.9 Å². The number of hydrogen-bond acceptors (Lipinski definition) is 7. The van der Waals surface area contributed by atoms with Crippen molar-refractivity contribution in [2.45, 2.75) is 63.2 Å². The zero-order valence-electron chi connectivity index (χ0n) is 21.9. The molecule has 2 aromatic heterocycles. The fourth-order valence-electron chi connectivity index (χ4n) is 4.66. The standard InChI is InChI=1S/C26H28F4N6O4/c1-24(2,3)40-23(39)35-13-10-25(9-11-31,18(27)14-35)36-17-8-12-32-22(38)19(17)21(34-36)33-16-6-4-15(5-7-16)20(37)26(28,29)30/h4-8,12,18,20,37H,9-10,13-14H2,1-3H3,(H,32,38)(H,33,34)/t18-,20?,25+/m1/s1. The van der Waals surface area contributed by atoms with Crippen LogP contribution in [0.2, 0.25) is 0 Å². The summed E-state index contributed by atoms with van der Waals surface area (Å²) < 4.78 is 61.2. The number of piperidine rings is 1. The Hall–Kier alpha value is -4.12. The Morgan fingerprint density at radius 1 is 1.30 bits per heavy atom. The Balaban J connectivity index is 1.71. The summed E-state index contributed by atoms with van der Waals surface area (Å²) >= 11 is 0. The van der Waals surface area contributed by atoms with E-state index in [0.29, 0.717) is 0 Å². The lowest BCUT2D eigenvalue weighted by Crippen LogP contribution is -2.56. The number of ether oxygens (including phenoxy) is 1. The number of likely N-dealkylation sites (tertiary alicyclic amines) is 1. The van der Waals surface area contributed by atoms with Crippen LogP contribution in [-0.2, 0) is 10.3 Å². The molecule has 1 unspecified atom stereocenters. The van der Waals surface area contributed by atoms with Crippen LogP contribution >= 0.6 is 0 Å². The number of amides is 1. The Bertz CT molecular complexity index is 1490. The largest absolute Gasteiger partial charge is 0.444 e. The van der Waals surface area contributed by atoms with Crippen LogP contribution in [0.5, 0.6) is 0 Å². The molecule has 14 heteroatoms. The van der Waals surface area contributed by atoms with Gasteiger partial charge in [0.05, 0.1) is 24.6 Å². The van der Waals surface area contributed by atoms with Gasteiger partial charge in [0.1, 0.15) is 22.7 Å². The van der Waals surface area contributed by atoms with Gasteiger partial charge in [0.25, 0.3) is 5.56 Å². The molecule has 1 aliphatic heterocycles. The molecule has 0 radical (unpaired) electrons. The van der Waals surface area contributed by atoms with Crippen molar-refractivity contribution in [3.63, 3.8) is 0 Å². The number of benzene rings is 1. The average molecular weight is 565 g/mol. The number of hydrogen-bond donors (Lipinski definition) is 3. The summed E-state index contributed by atoms with van der Waals surface area (Å²) in [6.45, 7) is 4.77. The van der Waals surface area contributed by atoms with E-state index in [9.17, 15) is 33.1 Å². The fourth-order valence-corrected chi connectivity index (χ4v) is 4.66. The third-order valence-corrected chi connectivity index (χ3v) is 6.64. The molecule has 214 valence electrons. The van der Waals surface area contributed by atoms with Crippen molar-refractivity contribution in [1.82, 2.24) is 19.7 Å². The molecule has 3 N–H and O–H groups in total. The minimum Gasteiger partial charge on any atom is -0.444 e. The first-order valence-electron chi connectivity index (χ1n) is 12.4. The van der Waals surface area contributed by atoms with E-state index >= 15 is 4.39 Å². The number of pyridine rings is 1. The van der Waals surface area contributed by atoms with Gasteiger partial charge in [0.15, 0.2) is 11.9 Å². The molecule has 0 bridgehead atoms. The van der Waals surface area contributed by atoms with Gasteiger partial charge in [-0.3, -0.25) is 9.48 Å². The minimum absolute atomic E-state index is 0.00594. The van der Waals surface area contributed by atoms with Crippen molar-refractivity contribution in [3.8, 4) is 6.07 Å². The summed E-state index contributed by atoms with van der Waals surface area (Å²) in [6, 6.07) is 8.20. The van der Waals surface area contributed by atoms with Gasteiger partial charge in [-0.05, 0) is 51.0 Å². The van der Waals surface area contributed by atoms with Crippen LogP contribution in [0.4, 0.5) is 33.9 Å². The maximum atomic E-state index is 16.0. The summed E-state index contributed by atoms with van der Waals surface area (Å²) in [6.07, 6.45) is -8.92. The predicted molar refractivity (Wildman–Crippen MR) is 137 cm³/mol. The number of fused-ring (bicyclic) bond motifs is 1. The highest BCUT2D eigenvalue weighted by atomic mass is 19.4. The molecular formula is C26H28F4N6O4. The Morgan fingerprint density at radius 2 is 1.98 bits per heavy atom. The molecule has 3 heterocycles. The summed E-state index contributed by atoms with van der Waals surface area (Å²) in [5.41, 5.74) is -2.79. The van der Waals surface area contributed by atoms with E-state index < -0.39 is 41.2 Å². The predicted octanol–water partition coefficient (Wildman–Crippen LogP) is 4.65. The fraction of sp³-hybridized carbons (Fsp3) is 0.462. The van der Waals surface area contributed by atoms with Gasteiger partial charge in [0, 0.05) is 18.4 Å². The van der Waals surface area contributed by atoms with E-state index in [2.05, 4.69) is 15.4 Å². The average Bonchev–Trinajstić information content (AvgIpc) is 3.23. The van der Waals surface area contributed by atoms with Crippen molar-refractivity contribution in [1.29, 1.82) is 5.26 Å². The molecule has 1 saturated heterocycles. The molecular weight excluding hydrogens is 536 g/mol. The van der Waals surface area contributed by atoms with Crippen molar-refractivity contribution in [3.05, 3.63) is 52.4 Å². The number of aliphatic hydroxyl groups excluding tert-OH is 1. The number of rotatable bonds is 5. The quantitative estimate of drug-likeness (QED) is 0.384. The minimum atomic E-state index is -4.84. The number of nitriles is 1. The van der Waals surface area contributed by atoms with Crippen LogP contribution in [0.1, 0.15) is 45.3 Å². The smallest absolute Gasteiger partial charge is 0.418 e. The number of anilines is 2. The lowest BCUT2D eigenvalue weighted by molar-refractivity contribution is -0.206. The van der Waals surface area contributed by atoms with Crippen LogP contribution in [0, 0.1) is 11.3 Å². The number of H-pyrrole nitrogens is 1. The van der Waals surface area contributed by atoms with E-state index in [4.69, 9.17) is 4.74 Å². The number of aromatic nitrogens is 3. The molecule has 1 aliphatic rings. The van der Waals surface area contributed by atoms with E-state index in [1.807, 2.05) is 6.07 Å². The van der Waals surface area contributed by atoms with Crippen LogP contribution in [0.15, 0.2) is 41.3 Å². The lowest BCUT2D eigenvalue weighted by Gasteiger charge is -2.43. The van der Waals surface area contributed by atoms with Crippen molar-refractivity contribution >= 4 is 28.5 Å². The summed E-state index contributed by atoms with van der Waals surface area (Å²) in [5.74, 6) is -0.0138. The van der Waals surface area contributed by atoms with Gasteiger partial charge in [-0.15, -0.1) is 0 Å². The van der Waals surface area contributed by atoms with Crippen LogP contribution in [0.25, 0.3) is 10.9 Å². The number of carbonyl (C=O) groups is 1. The normalized spacial score (nSPS) is 20.7. The monoisotopic (exact) mass is 564 g/mol. The van der Waals surface area contributed by atoms with E-state index in [1.54, 1.807) is 20.8 Å². The van der Waals surface area contributed by atoms with E-state index in [1.165, 1.54) is 34.0 Å². The van der Waals surface area contributed by atoms with Crippen LogP contribution < -0.4 is 10.9 Å². The number of nitrogens with zero attached hydrogens (tertiary/aromatic N) is 4. The third-order valence-electron chi connectivity index (χ3n) is 6.64. The highest BCUT2D eigenvalue weighted by molar-refractivity contribution is 5.91. The molecule has 4 rings (SSSR count). The van der Waals surface area contributed by atoms with Gasteiger partial charge in [0.2, 0.25) is 0 Å². The SMILES string of the molecule is CC(C)(C)OC(=O)N1CC[C@](CC#N)(n2nc(Nc3ccc(C(O)C(F)(F)F)cc3)c3c(=O)[nH]ccc32)[C@H](F)C1. The van der Waals surface area contributed by atoms with E-state index in [0.717, 1.165) is 12.1 Å². The molecule has 40 heavy (non-hydrogen) atoms. The Kier molecular flexibility index (Phi) is 7.55. The van der Waals surface area contributed by atoms with Crippen LogP contribution in [-0.4, -0.2) is 61.9 Å². The van der Waals surface area contributed by atoms with Gasteiger partial charge in [-0.2, -0.15) is 23.5 Å². The number of aromatic amines is 1. The third kappa shape index (κ3) is 5.60. The maximum Gasteiger partial charge on any atom is 0.418 e. The Morgan fingerprint density at radius 3 is 2.55 bits per heavy atom. The lowest BCUT2D eigenvalue weighted by atomic mass is 9.83. The second-order valence-electron chi connectivity index (χ2n) is 10.6. The van der Waals surface area contributed by atoms with Crippen molar-refractivity contribution in [2.24, 2.45) is 0 Å². The maximum absolute atomic E-state index is 16.0. The van der Waals surface area contributed by atoms with Crippen molar-refractivity contribution < 1.29 is 32.2 Å². The first-order valence-corrected chi connectivity index (χ1v) is 12.4. The number of nitrogens with one attached hydrogen (secondary N) is 2. The molecule has 0 spiro atoms. The second-order valence-corrected chi connectivity index (χ2v) is 10.6. The molecule has 0 aliphatic carbocycles. The zero-order chi connectivity index (χ0) is 29.5. The van der Waals surface area contributed by atoms with Crippen LogP contribution in [0.3, 0.4) is 0 Å².